The highest BCUT2D eigenvalue weighted by Crippen LogP contribution is 2.31. The van der Waals surface area contributed by atoms with Gasteiger partial charge >= 0.3 is 0 Å². The fraction of sp³-hybridized carbons (Fsp3) is 0.400. The van der Waals surface area contributed by atoms with Gasteiger partial charge in [-0.25, -0.2) is 0 Å². The second kappa shape index (κ2) is 5.89. The van der Waals surface area contributed by atoms with Crippen LogP contribution in [0.25, 0.3) is 11.1 Å². The Morgan fingerprint density at radius 2 is 2.05 bits per heavy atom. The van der Waals surface area contributed by atoms with Gasteiger partial charge in [0.15, 0.2) is 0 Å². The van der Waals surface area contributed by atoms with Crippen LogP contribution in [0.1, 0.15) is 23.7 Å². The summed E-state index contributed by atoms with van der Waals surface area (Å²) >= 11 is 0. The number of hydrogen-bond acceptors (Lipinski definition) is 4. The summed E-state index contributed by atoms with van der Waals surface area (Å²) in [6, 6.07) is 6.25. The van der Waals surface area contributed by atoms with Crippen molar-refractivity contribution < 1.29 is 9.26 Å². The summed E-state index contributed by atoms with van der Waals surface area (Å²) in [6.45, 7) is 7.47. The molecule has 2 rings (SSSR count). The highest BCUT2D eigenvalue weighted by Gasteiger charge is 2.15. The first-order valence-corrected chi connectivity index (χ1v) is 6.53. The van der Waals surface area contributed by atoms with E-state index in [1.54, 1.807) is 0 Å². The van der Waals surface area contributed by atoms with Gasteiger partial charge in [0.05, 0.1) is 17.9 Å². The minimum Gasteiger partial charge on any atom is -0.381 e. The van der Waals surface area contributed by atoms with Crippen LogP contribution >= 0.6 is 0 Å². The Bertz CT molecular complexity index is 561. The molecule has 0 aliphatic rings. The lowest BCUT2D eigenvalue weighted by Crippen LogP contribution is -2.00. The quantitative estimate of drug-likeness (QED) is 0.839. The van der Waals surface area contributed by atoms with Gasteiger partial charge < -0.3 is 15.0 Å². The molecule has 0 bridgehead atoms. The minimum absolute atomic E-state index is 0.370. The number of benzene rings is 1. The molecule has 0 spiro atoms. The third-order valence-corrected chi connectivity index (χ3v) is 3.27. The van der Waals surface area contributed by atoms with Crippen LogP contribution in [0.15, 0.2) is 22.7 Å². The van der Waals surface area contributed by atoms with Crippen LogP contribution in [0.5, 0.6) is 0 Å². The van der Waals surface area contributed by atoms with Gasteiger partial charge in [0.1, 0.15) is 0 Å². The van der Waals surface area contributed by atoms with Crippen molar-refractivity contribution >= 4 is 5.88 Å². The average Bonchev–Trinajstić information content (AvgIpc) is 2.75. The van der Waals surface area contributed by atoms with Gasteiger partial charge in [-0.3, -0.25) is 0 Å². The maximum Gasteiger partial charge on any atom is 0.230 e. The molecule has 0 amide bonds. The normalized spacial score (nSPS) is 10.9. The topological polar surface area (TPSA) is 61.3 Å². The van der Waals surface area contributed by atoms with E-state index in [1.165, 1.54) is 11.1 Å². The summed E-state index contributed by atoms with van der Waals surface area (Å²) in [5.74, 6) is 0.370. The molecule has 1 aromatic heterocycles. The van der Waals surface area contributed by atoms with Gasteiger partial charge in [0.2, 0.25) is 5.88 Å². The molecule has 1 aromatic carbocycles. The van der Waals surface area contributed by atoms with E-state index in [0.717, 1.165) is 16.8 Å². The molecule has 4 heteroatoms. The number of aromatic nitrogens is 1. The lowest BCUT2D eigenvalue weighted by molar-refractivity contribution is 0.149. The Labute approximate surface area is 113 Å². The van der Waals surface area contributed by atoms with E-state index in [2.05, 4.69) is 37.2 Å². The Hall–Kier alpha value is -1.81. The van der Waals surface area contributed by atoms with Gasteiger partial charge in [0, 0.05) is 13.0 Å². The van der Waals surface area contributed by atoms with Crippen LogP contribution in [-0.4, -0.2) is 18.4 Å². The number of nitrogens with two attached hydrogens (primary N) is 1. The second-order valence-corrected chi connectivity index (χ2v) is 4.61. The van der Waals surface area contributed by atoms with Gasteiger partial charge in [-0.15, -0.1) is 0 Å². The molecule has 0 saturated heterocycles. The number of rotatable bonds is 5. The highest BCUT2D eigenvalue weighted by atomic mass is 16.5. The van der Waals surface area contributed by atoms with E-state index in [-0.39, 0.29) is 0 Å². The van der Waals surface area contributed by atoms with E-state index < -0.39 is 0 Å². The zero-order chi connectivity index (χ0) is 13.8. The molecule has 2 N–H and O–H groups in total. The maximum absolute atomic E-state index is 5.90. The van der Waals surface area contributed by atoms with Crippen LogP contribution in [0.2, 0.25) is 0 Å². The third-order valence-electron chi connectivity index (χ3n) is 3.27. The first-order valence-electron chi connectivity index (χ1n) is 6.53. The van der Waals surface area contributed by atoms with Crippen LogP contribution in [0, 0.1) is 13.8 Å². The van der Waals surface area contributed by atoms with E-state index in [9.17, 15) is 0 Å². The molecule has 4 nitrogen and oxygen atoms in total. The largest absolute Gasteiger partial charge is 0.381 e. The fourth-order valence-electron chi connectivity index (χ4n) is 2.03. The van der Waals surface area contributed by atoms with Crippen molar-refractivity contribution in [2.75, 3.05) is 18.9 Å². The lowest BCUT2D eigenvalue weighted by atomic mass is 9.99. The average molecular weight is 260 g/mol. The monoisotopic (exact) mass is 260 g/mol. The Kier molecular flexibility index (Phi) is 4.22. The first kappa shape index (κ1) is 13.6. The number of ether oxygens (including phenoxy) is 1. The first-order chi connectivity index (χ1) is 9.13. The molecule has 1 heterocycles. The van der Waals surface area contributed by atoms with Crippen molar-refractivity contribution in [2.45, 2.75) is 27.2 Å². The van der Waals surface area contributed by atoms with Crippen molar-refractivity contribution in [3.05, 3.63) is 35.0 Å². The zero-order valence-corrected chi connectivity index (χ0v) is 11.7. The highest BCUT2D eigenvalue weighted by molar-refractivity contribution is 5.75. The molecule has 19 heavy (non-hydrogen) atoms. The van der Waals surface area contributed by atoms with Crippen LogP contribution in [-0.2, 0) is 11.2 Å². The number of anilines is 1. The second-order valence-electron chi connectivity index (χ2n) is 4.61. The van der Waals surface area contributed by atoms with Crippen molar-refractivity contribution in [2.24, 2.45) is 0 Å². The minimum atomic E-state index is 0.370. The fourth-order valence-corrected chi connectivity index (χ4v) is 2.03. The van der Waals surface area contributed by atoms with Crippen molar-refractivity contribution in [1.29, 1.82) is 0 Å². The SMILES string of the molecule is CCOCCc1noc(N)c1-c1ccc(C)c(C)c1. The van der Waals surface area contributed by atoms with Crippen molar-refractivity contribution in [1.82, 2.24) is 5.16 Å². The smallest absolute Gasteiger partial charge is 0.230 e. The zero-order valence-electron chi connectivity index (χ0n) is 11.7. The number of aryl methyl sites for hydroxylation is 2. The van der Waals surface area contributed by atoms with Gasteiger partial charge in [0.25, 0.3) is 0 Å². The Balaban J connectivity index is 2.32. The summed E-state index contributed by atoms with van der Waals surface area (Å²) in [7, 11) is 0. The summed E-state index contributed by atoms with van der Waals surface area (Å²) in [6.07, 6.45) is 0.705. The van der Waals surface area contributed by atoms with E-state index in [0.29, 0.717) is 25.5 Å². The number of nitrogen functional groups attached to an aromatic ring is 1. The van der Waals surface area contributed by atoms with E-state index >= 15 is 0 Å². The molecular formula is C15H20N2O2. The number of nitrogens with zero attached hydrogens (tertiary/aromatic N) is 1. The standard InChI is InChI=1S/C15H20N2O2/c1-4-18-8-7-13-14(15(16)19-17-13)12-6-5-10(2)11(3)9-12/h5-6,9H,4,7-8,16H2,1-3H3. The molecule has 0 fully saturated rings. The van der Waals surface area contributed by atoms with Crippen molar-refractivity contribution in [3.63, 3.8) is 0 Å². The van der Waals surface area contributed by atoms with Crippen LogP contribution < -0.4 is 5.73 Å². The summed E-state index contributed by atoms with van der Waals surface area (Å²) in [4.78, 5) is 0. The Morgan fingerprint density at radius 1 is 1.26 bits per heavy atom. The van der Waals surface area contributed by atoms with E-state index in [4.69, 9.17) is 15.0 Å². The molecule has 0 saturated carbocycles. The molecule has 2 aromatic rings. The van der Waals surface area contributed by atoms with Gasteiger partial charge in [-0.1, -0.05) is 23.4 Å². The van der Waals surface area contributed by atoms with Crippen LogP contribution in [0.4, 0.5) is 5.88 Å². The van der Waals surface area contributed by atoms with Crippen LogP contribution in [0.3, 0.4) is 0 Å². The summed E-state index contributed by atoms with van der Waals surface area (Å²) < 4.78 is 10.5. The summed E-state index contributed by atoms with van der Waals surface area (Å²) in [5.41, 5.74) is 11.2. The molecule has 0 aliphatic carbocycles. The predicted octanol–water partition coefficient (Wildman–Crippen LogP) is 3.12. The van der Waals surface area contributed by atoms with Gasteiger partial charge in [-0.2, -0.15) is 0 Å². The molecule has 0 radical (unpaired) electrons. The third kappa shape index (κ3) is 2.96. The molecular weight excluding hydrogens is 240 g/mol. The molecule has 0 atom stereocenters. The molecule has 0 aliphatic heterocycles. The summed E-state index contributed by atoms with van der Waals surface area (Å²) in [5, 5.41) is 4.04. The van der Waals surface area contributed by atoms with Gasteiger partial charge in [-0.05, 0) is 37.5 Å². The maximum atomic E-state index is 5.90. The molecule has 0 unspecified atom stereocenters. The van der Waals surface area contributed by atoms with E-state index in [1.807, 2.05) is 6.92 Å². The molecule has 102 valence electrons. The van der Waals surface area contributed by atoms with Crippen molar-refractivity contribution in [3.8, 4) is 11.1 Å². The predicted molar refractivity (Wildman–Crippen MR) is 76.0 cm³/mol. The lowest BCUT2D eigenvalue weighted by Gasteiger charge is -2.06. The Morgan fingerprint density at radius 3 is 2.74 bits per heavy atom. The number of hydrogen-bond donors (Lipinski definition) is 1.